The largest absolute Gasteiger partial charge is 0.0996 e. The lowest BCUT2D eigenvalue weighted by atomic mass is 9.93. The number of hydrogen-bond acceptors (Lipinski definition) is 0. The molecule has 0 radical (unpaired) electrons. The maximum atomic E-state index is 4.15. The Bertz CT molecular complexity index is 204. The lowest BCUT2D eigenvalue weighted by Crippen LogP contribution is -1.98. The number of allylic oxidation sites excluding steroid dienone is 1. The zero-order valence-electron chi connectivity index (χ0n) is 14.1. The van der Waals surface area contributed by atoms with E-state index < -0.39 is 0 Å². The van der Waals surface area contributed by atoms with E-state index in [4.69, 9.17) is 0 Å². The van der Waals surface area contributed by atoms with Crippen LogP contribution in [0.1, 0.15) is 98.3 Å². The molecular weight excluding hydrogens is 228 g/mol. The van der Waals surface area contributed by atoms with Gasteiger partial charge >= 0.3 is 0 Å². The van der Waals surface area contributed by atoms with Crippen molar-refractivity contribution in [2.24, 2.45) is 11.8 Å². The Morgan fingerprint density at radius 3 is 1.84 bits per heavy atom. The molecule has 0 nitrogen and oxygen atoms in total. The first-order valence-electron chi connectivity index (χ1n) is 8.79. The summed E-state index contributed by atoms with van der Waals surface area (Å²) < 4.78 is 0. The Hall–Kier alpha value is -0.260. The van der Waals surface area contributed by atoms with Gasteiger partial charge < -0.3 is 0 Å². The van der Waals surface area contributed by atoms with Gasteiger partial charge in [-0.2, -0.15) is 0 Å². The molecule has 0 heteroatoms. The van der Waals surface area contributed by atoms with E-state index in [0.717, 1.165) is 18.3 Å². The molecule has 0 heterocycles. The van der Waals surface area contributed by atoms with Crippen molar-refractivity contribution < 1.29 is 0 Å². The van der Waals surface area contributed by atoms with Crippen LogP contribution in [0.5, 0.6) is 0 Å². The molecule has 0 aliphatic carbocycles. The lowest BCUT2D eigenvalue weighted by molar-refractivity contribution is 0.433. The summed E-state index contributed by atoms with van der Waals surface area (Å²) in [6.45, 7) is 13.4. The lowest BCUT2D eigenvalue weighted by Gasteiger charge is -2.13. The third-order valence-corrected chi connectivity index (χ3v) is 4.54. The second-order valence-corrected chi connectivity index (χ2v) is 6.51. The van der Waals surface area contributed by atoms with Crippen molar-refractivity contribution in [2.75, 3.05) is 0 Å². The maximum absolute atomic E-state index is 4.15. The first kappa shape index (κ1) is 18.7. The van der Waals surface area contributed by atoms with Crippen molar-refractivity contribution >= 4 is 0 Å². The number of hydrogen-bond donors (Lipinski definition) is 0. The maximum Gasteiger partial charge on any atom is -0.0234 e. The van der Waals surface area contributed by atoms with Gasteiger partial charge in [-0.1, -0.05) is 97.6 Å². The van der Waals surface area contributed by atoms with Crippen LogP contribution in [0.3, 0.4) is 0 Å². The fraction of sp³-hybridized carbons (Fsp3) is 0.895. The van der Waals surface area contributed by atoms with Crippen molar-refractivity contribution in [1.82, 2.24) is 0 Å². The normalized spacial score (nSPS) is 14.3. The SMILES string of the molecule is C=C(CC)C(C)CCCCCCC(C)CCCCC. The van der Waals surface area contributed by atoms with Crippen LogP contribution < -0.4 is 0 Å². The second-order valence-electron chi connectivity index (χ2n) is 6.51. The third kappa shape index (κ3) is 11.3. The van der Waals surface area contributed by atoms with E-state index in [-0.39, 0.29) is 0 Å². The Kier molecular flexibility index (Phi) is 12.6. The average molecular weight is 267 g/mol. The molecule has 0 aliphatic rings. The van der Waals surface area contributed by atoms with Crippen molar-refractivity contribution in [3.8, 4) is 0 Å². The Morgan fingerprint density at radius 1 is 0.789 bits per heavy atom. The monoisotopic (exact) mass is 266 g/mol. The standard InChI is InChI=1S/C19H38/c1-6-8-11-14-17(3)15-12-9-10-13-16-19(5)18(4)7-2/h17,19H,4,6-16H2,1-3,5H3. The van der Waals surface area contributed by atoms with E-state index in [0.29, 0.717) is 0 Å². The molecule has 0 saturated carbocycles. The summed E-state index contributed by atoms with van der Waals surface area (Å²) in [4.78, 5) is 0. The zero-order valence-corrected chi connectivity index (χ0v) is 14.1. The number of rotatable bonds is 13. The van der Waals surface area contributed by atoms with Crippen LogP contribution in [-0.2, 0) is 0 Å². The smallest absolute Gasteiger partial charge is 0.0234 e. The van der Waals surface area contributed by atoms with E-state index in [2.05, 4.69) is 34.3 Å². The van der Waals surface area contributed by atoms with Crippen LogP contribution >= 0.6 is 0 Å². The highest BCUT2D eigenvalue weighted by Gasteiger charge is 2.05. The zero-order chi connectivity index (χ0) is 14.5. The molecule has 0 saturated heterocycles. The predicted octanol–water partition coefficient (Wildman–Crippen LogP) is 7.15. The molecule has 2 atom stereocenters. The molecule has 114 valence electrons. The summed E-state index contributed by atoms with van der Waals surface area (Å²) in [7, 11) is 0. The summed E-state index contributed by atoms with van der Waals surface area (Å²) in [5.74, 6) is 1.68. The summed E-state index contributed by atoms with van der Waals surface area (Å²) in [5.41, 5.74) is 1.43. The van der Waals surface area contributed by atoms with Crippen LogP contribution in [0.15, 0.2) is 12.2 Å². The predicted molar refractivity (Wildman–Crippen MR) is 89.6 cm³/mol. The molecule has 0 aromatic rings. The van der Waals surface area contributed by atoms with Gasteiger partial charge in [0.2, 0.25) is 0 Å². The van der Waals surface area contributed by atoms with Gasteiger partial charge in [0.05, 0.1) is 0 Å². The molecule has 0 aromatic heterocycles. The van der Waals surface area contributed by atoms with E-state index >= 15 is 0 Å². The van der Waals surface area contributed by atoms with Gasteiger partial charge in [-0.05, 0) is 24.7 Å². The molecule has 0 bridgehead atoms. The first-order valence-corrected chi connectivity index (χ1v) is 8.79. The molecule has 0 aromatic carbocycles. The van der Waals surface area contributed by atoms with Crippen molar-refractivity contribution in [3.63, 3.8) is 0 Å². The minimum Gasteiger partial charge on any atom is -0.0996 e. The van der Waals surface area contributed by atoms with Crippen LogP contribution in [0.25, 0.3) is 0 Å². The van der Waals surface area contributed by atoms with Crippen LogP contribution in [0.2, 0.25) is 0 Å². The van der Waals surface area contributed by atoms with E-state index in [9.17, 15) is 0 Å². The minimum atomic E-state index is 0.734. The van der Waals surface area contributed by atoms with Gasteiger partial charge in [-0.25, -0.2) is 0 Å². The van der Waals surface area contributed by atoms with Gasteiger partial charge in [-0.15, -0.1) is 0 Å². The van der Waals surface area contributed by atoms with Crippen LogP contribution in [0, 0.1) is 11.8 Å². The summed E-state index contributed by atoms with van der Waals surface area (Å²) in [6, 6.07) is 0. The van der Waals surface area contributed by atoms with Gasteiger partial charge in [0.1, 0.15) is 0 Å². The molecule has 2 unspecified atom stereocenters. The van der Waals surface area contributed by atoms with Crippen LogP contribution in [0.4, 0.5) is 0 Å². The quantitative estimate of drug-likeness (QED) is 0.245. The summed E-state index contributed by atoms with van der Waals surface area (Å²) >= 11 is 0. The molecule has 0 amide bonds. The molecule has 19 heavy (non-hydrogen) atoms. The topological polar surface area (TPSA) is 0 Å². The number of unbranched alkanes of at least 4 members (excludes halogenated alkanes) is 5. The molecule has 0 spiro atoms. The summed E-state index contributed by atoms with van der Waals surface area (Å²) in [5, 5.41) is 0. The highest BCUT2D eigenvalue weighted by Crippen LogP contribution is 2.21. The van der Waals surface area contributed by atoms with Crippen molar-refractivity contribution in [1.29, 1.82) is 0 Å². The fourth-order valence-corrected chi connectivity index (χ4v) is 2.74. The van der Waals surface area contributed by atoms with Gasteiger partial charge in [0.15, 0.2) is 0 Å². The Morgan fingerprint density at radius 2 is 1.32 bits per heavy atom. The van der Waals surface area contributed by atoms with Gasteiger partial charge in [-0.3, -0.25) is 0 Å². The van der Waals surface area contributed by atoms with E-state index in [1.54, 1.807) is 0 Å². The highest BCUT2D eigenvalue weighted by molar-refractivity contribution is 4.97. The van der Waals surface area contributed by atoms with E-state index in [1.165, 1.54) is 69.8 Å². The van der Waals surface area contributed by atoms with Gasteiger partial charge in [0.25, 0.3) is 0 Å². The summed E-state index contributed by atoms with van der Waals surface area (Å²) in [6.07, 6.45) is 15.3. The molecule has 0 N–H and O–H groups in total. The molecule has 0 rings (SSSR count). The fourth-order valence-electron chi connectivity index (χ4n) is 2.74. The van der Waals surface area contributed by atoms with E-state index in [1.807, 2.05) is 0 Å². The van der Waals surface area contributed by atoms with Crippen LogP contribution in [-0.4, -0.2) is 0 Å². The highest BCUT2D eigenvalue weighted by atomic mass is 14.1. The Labute approximate surface area is 123 Å². The average Bonchev–Trinajstić information content (AvgIpc) is 2.41. The minimum absolute atomic E-state index is 0.734. The third-order valence-electron chi connectivity index (χ3n) is 4.54. The molecule has 0 fully saturated rings. The molecular formula is C19H38. The Balaban J connectivity index is 3.33. The van der Waals surface area contributed by atoms with Gasteiger partial charge in [0, 0.05) is 0 Å². The second kappa shape index (κ2) is 12.8. The van der Waals surface area contributed by atoms with Crippen molar-refractivity contribution in [2.45, 2.75) is 98.3 Å². The van der Waals surface area contributed by atoms with Crippen molar-refractivity contribution in [3.05, 3.63) is 12.2 Å². The molecule has 0 aliphatic heterocycles. The first-order chi connectivity index (χ1) is 9.11.